The molecule has 0 radical (unpaired) electrons. The van der Waals surface area contributed by atoms with Gasteiger partial charge in [-0.05, 0) is 25.0 Å². The molecule has 29 heavy (non-hydrogen) atoms. The maximum Gasteiger partial charge on any atom is 0.230 e. The van der Waals surface area contributed by atoms with E-state index < -0.39 is 0 Å². The van der Waals surface area contributed by atoms with Crippen molar-refractivity contribution >= 4 is 40.9 Å². The molecule has 1 aliphatic rings. The van der Waals surface area contributed by atoms with Gasteiger partial charge in [0.1, 0.15) is 12.4 Å². The van der Waals surface area contributed by atoms with Crippen molar-refractivity contribution in [3.8, 4) is 5.75 Å². The summed E-state index contributed by atoms with van der Waals surface area (Å²) >= 11 is 13.5. The van der Waals surface area contributed by atoms with Gasteiger partial charge in [0.2, 0.25) is 5.91 Å². The van der Waals surface area contributed by atoms with Gasteiger partial charge in [0, 0.05) is 23.7 Å². The number of amides is 1. The predicted molar refractivity (Wildman–Crippen MR) is 117 cm³/mol. The molecule has 1 aromatic carbocycles. The summed E-state index contributed by atoms with van der Waals surface area (Å²) < 4.78 is 7.65. The van der Waals surface area contributed by atoms with Crippen LogP contribution in [-0.2, 0) is 17.9 Å². The second-order valence-corrected chi connectivity index (χ2v) is 8.64. The van der Waals surface area contributed by atoms with E-state index in [0.717, 1.165) is 12.8 Å². The summed E-state index contributed by atoms with van der Waals surface area (Å²) in [7, 11) is 0. The quantitative estimate of drug-likeness (QED) is 0.431. The van der Waals surface area contributed by atoms with E-state index in [1.807, 2.05) is 4.57 Å². The van der Waals surface area contributed by atoms with Crippen LogP contribution < -0.4 is 10.1 Å². The van der Waals surface area contributed by atoms with Gasteiger partial charge in [0.25, 0.3) is 0 Å². The number of allylic oxidation sites excluding steroid dienone is 1. The van der Waals surface area contributed by atoms with Crippen LogP contribution in [0.2, 0.25) is 10.0 Å². The van der Waals surface area contributed by atoms with Crippen molar-refractivity contribution < 1.29 is 9.53 Å². The Hall–Kier alpha value is -1.70. The lowest BCUT2D eigenvalue weighted by atomic mass is 9.95. The smallest absolute Gasteiger partial charge is 0.230 e. The summed E-state index contributed by atoms with van der Waals surface area (Å²) in [4.78, 5) is 12.3. The maximum absolute atomic E-state index is 12.3. The summed E-state index contributed by atoms with van der Waals surface area (Å²) in [5.41, 5.74) is 0. The zero-order valence-corrected chi connectivity index (χ0v) is 18.4. The molecule has 1 amide bonds. The fourth-order valence-corrected chi connectivity index (χ4v) is 4.33. The van der Waals surface area contributed by atoms with Gasteiger partial charge in [0.05, 0.1) is 10.8 Å². The predicted octanol–water partition coefficient (Wildman–Crippen LogP) is 4.89. The molecule has 0 unspecified atom stereocenters. The fourth-order valence-electron chi connectivity index (χ4n) is 3.22. The van der Waals surface area contributed by atoms with Crippen molar-refractivity contribution in [2.24, 2.45) is 0 Å². The second kappa shape index (κ2) is 10.9. The van der Waals surface area contributed by atoms with E-state index in [9.17, 15) is 4.79 Å². The molecule has 1 heterocycles. The summed E-state index contributed by atoms with van der Waals surface area (Å²) in [6, 6.07) is 5.34. The van der Waals surface area contributed by atoms with E-state index in [2.05, 4.69) is 22.1 Å². The lowest BCUT2D eigenvalue weighted by molar-refractivity contribution is -0.119. The van der Waals surface area contributed by atoms with Crippen molar-refractivity contribution in [3.05, 3.63) is 46.7 Å². The molecule has 0 atom stereocenters. The van der Waals surface area contributed by atoms with Crippen LogP contribution >= 0.6 is 35.0 Å². The molecule has 1 saturated carbocycles. The lowest BCUT2D eigenvalue weighted by Gasteiger charge is -2.22. The molecule has 1 aliphatic carbocycles. The first-order valence-electron chi connectivity index (χ1n) is 9.60. The standard InChI is InChI=1S/C20H24Cl2N4O2S/c1-2-10-26-18(12-28-17-11-14(21)8-9-16(17)22)24-25-20(26)29-13-19(27)23-15-6-4-3-5-7-15/h2,8-9,11,15H,1,3-7,10,12-13H2,(H,23,27). The van der Waals surface area contributed by atoms with E-state index >= 15 is 0 Å². The number of benzene rings is 1. The molecule has 0 aliphatic heterocycles. The Labute approximate surface area is 185 Å². The second-order valence-electron chi connectivity index (χ2n) is 6.85. The molecule has 6 nitrogen and oxygen atoms in total. The SMILES string of the molecule is C=CCn1c(COc2cc(Cl)ccc2Cl)nnc1SCC(=O)NC1CCCCC1. The number of carbonyl (C=O) groups excluding carboxylic acids is 1. The Bertz CT molecular complexity index is 853. The highest BCUT2D eigenvalue weighted by Crippen LogP contribution is 2.28. The molecule has 1 N–H and O–H groups in total. The number of rotatable bonds is 9. The van der Waals surface area contributed by atoms with Crippen LogP contribution in [0.4, 0.5) is 0 Å². The Morgan fingerprint density at radius 3 is 2.86 bits per heavy atom. The number of thioether (sulfide) groups is 1. The number of nitrogens with zero attached hydrogens (tertiary/aromatic N) is 3. The zero-order chi connectivity index (χ0) is 20.6. The normalized spacial score (nSPS) is 14.6. The van der Waals surface area contributed by atoms with E-state index in [1.54, 1.807) is 24.3 Å². The molecule has 1 aromatic heterocycles. The molecule has 0 spiro atoms. The van der Waals surface area contributed by atoms with Gasteiger partial charge in [0.15, 0.2) is 11.0 Å². The van der Waals surface area contributed by atoms with E-state index in [-0.39, 0.29) is 12.5 Å². The van der Waals surface area contributed by atoms with Crippen LogP contribution in [0.1, 0.15) is 37.9 Å². The van der Waals surface area contributed by atoms with Gasteiger partial charge >= 0.3 is 0 Å². The Morgan fingerprint density at radius 1 is 1.31 bits per heavy atom. The number of nitrogens with one attached hydrogen (secondary N) is 1. The first kappa shape index (κ1) is 22.0. The summed E-state index contributed by atoms with van der Waals surface area (Å²) in [6.07, 6.45) is 7.52. The van der Waals surface area contributed by atoms with Crippen LogP contribution in [0.3, 0.4) is 0 Å². The molecule has 2 aromatic rings. The maximum atomic E-state index is 12.3. The molecule has 0 saturated heterocycles. The average molecular weight is 455 g/mol. The zero-order valence-electron chi connectivity index (χ0n) is 16.1. The topological polar surface area (TPSA) is 69.0 Å². The Balaban J connectivity index is 1.59. The van der Waals surface area contributed by atoms with Crippen LogP contribution in [0.15, 0.2) is 36.0 Å². The van der Waals surface area contributed by atoms with Crippen molar-refractivity contribution in [1.29, 1.82) is 0 Å². The number of aromatic nitrogens is 3. The molecule has 1 fully saturated rings. The lowest BCUT2D eigenvalue weighted by Crippen LogP contribution is -2.37. The largest absolute Gasteiger partial charge is 0.484 e. The third-order valence-corrected chi connectivity index (χ3v) is 6.17. The van der Waals surface area contributed by atoms with Gasteiger partial charge < -0.3 is 10.1 Å². The number of hydrogen-bond donors (Lipinski definition) is 1. The van der Waals surface area contributed by atoms with Gasteiger partial charge in [-0.25, -0.2) is 0 Å². The monoisotopic (exact) mass is 454 g/mol. The van der Waals surface area contributed by atoms with Crippen molar-refractivity contribution in [3.63, 3.8) is 0 Å². The van der Waals surface area contributed by atoms with Crippen LogP contribution in [0.25, 0.3) is 0 Å². The third kappa shape index (κ3) is 6.39. The number of halogens is 2. The Kier molecular flexibility index (Phi) is 8.27. The molecular formula is C20H24Cl2N4O2S. The first-order chi connectivity index (χ1) is 14.1. The first-order valence-corrected chi connectivity index (χ1v) is 11.3. The molecule has 0 bridgehead atoms. The Morgan fingerprint density at radius 2 is 2.10 bits per heavy atom. The van der Waals surface area contributed by atoms with Crippen molar-refractivity contribution in [1.82, 2.24) is 20.1 Å². The minimum Gasteiger partial charge on any atom is -0.484 e. The highest BCUT2D eigenvalue weighted by atomic mass is 35.5. The van der Waals surface area contributed by atoms with Crippen LogP contribution in [0, 0.1) is 0 Å². The third-order valence-electron chi connectivity index (χ3n) is 4.66. The minimum absolute atomic E-state index is 0.0264. The molecule has 156 valence electrons. The summed E-state index contributed by atoms with van der Waals surface area (Å²) in [5, 5.41) is 13.2. The van der Waals surface area contributed by atoms with E-state index in [0.29, 0.717) is 45.1 Å². The molecule has 9 heteroatoms. The minimum atomic E-state index is 0.0264. The molecule has 3 rings (SSSR count). The van der Waals surface area contributed by atoms with Crippen molar-refractivity contribution in [2.75, 3.05) is 5.75 Å². The fraction of sp³-hybridized carbons (Fsp3) is 0.450. The highest BCUT2D eigenvalue weighted by Gasteiger charge is 2.18. The van der Waals surface area contributed by atoms with E-state index in [4.69, 9.17) is 27.9 Å². The van der Waals surface area contributed by atoms with Gasteiger partial charge in [-0.15, -0.1) is 16.8 Å². The number of hydrogen-bond acceptors (Lipinski definition) is 5. The van der Waals surface area contributed by atoms with Gasteiger partial charge in [-0.2, -0.15) is 0 Å². The van der Waals surface area contributed by atoms with Gasteiger partial charge in [-0.1, -0.05) is 60.3 Å². The molecular weight excluding hydrogens is 431 g/mol. The number of carbonyl (C=O) groups is 1. The number of ether oxygens (including phenoxy) is 1. The van der Waals surface area contributed by atoms with E-state index in [1.165, 1.54) is 31.0 Å². The van der Waals surface area contributed by atoms with Crippen LogP contribution in [0.5, 0.6) is 5.75 Å². The van der Waals surface area contributed by atoms with Crippen molar-refractivity contribution in [2.45, 2.75) is 56.5 Å². The van der Waals surface area contributed by atoms with Crippen LogP contribution in [-0.4, -0.2) is 32.5 Å². The summed E-state index contributed by atoms with van der Waals surface area (Å²) in [5.74, 6) is 1.43. The average Bonchev–Trinajstić information content (AvgIpc) is 3.10. The highest BCUT2D eigenvalue weighted by molar-refractivity contribution is 7.99. The summed E-state index contributed by atoms with van der Waals surface area (Å²) in [6.45, 7) is 4.48. The van der Waals surface area contributed by atoms with Gasteiger partial charge in [-0.3, -0.25) is 9.36 Å².